The molecule has 0 aliphatic heterocycles. The molecule has 1 saturated carbocycles. The molecule has 172 valence electrons. The molecule has 7 heteroatoms. The number of hydrogen-bond acceptors (Lipinski definition) is 3. The summed E-state index contributed by atoms with van der Waals surface area (Å²) in [5.41, 5.74) is 3.75. The van der Waals surface area contributed by atoms with Crippen LogP contribution in [0, 0.1) is 0 Å². The number of carbonyl (C=O) groups excluding carboxylic acids is 2. The van der Waals surface area contributed by atoms with Crippen LogP contribution in [0.25, 0.3) is 22.2 Å². The van der Waals surface area contributed by atoms with Crippen LogP contribution >= 0.6 is 11.6 Å². The summed E-state index contributed by atoms with van der Waals surface area (Å²) in [4.78, 5) is 33.4. The van der Waals surface area contributed by atoms with Crippen molar-refractivity contribution in [3.63, 3.8) is 0 Å². The van der Waals surface area contributed by atoms with Gasteiger partial charge in [0.1, 0.15) is 5.69 Å². The highest BCUT2D eigenvalue weighted by Gasteiger charge is 2.28. The number of benzene rings is 2. The van der Waals surface area contributed by atoms with E-state index >= 15 is 0 Å². The molecule has 2 heterocycles. The Hall–Kier alpha value is -3.64. The third kappa shape index (κ3) is 4.82. The Morgan fingerprint density at radius 1 is 0.882 bits per heavy atom. The fraction of sp³-hybridized carbons (Fsp3) is 0.222. The van der Waals surface area contributed by atoms with Gasteiger partial charge in [-0.2, -0.15) is 0 Å². The molecule has 2 amide bonds. The van der Waals surface area contributed by atoms with Gasteiger partial charge in [0.05, 0.1) is 5.69 Å². The van der Waals surface area contributed by atoms with Crippen LogP contribution in [0.15, 0.2) is 72.9 Å². The molecule has 4 aromatic rings. The van der Waals surface area contributed by atoms with Gasteiger partial charge in [-0.3, -0.25) is 14.6 Å². The van der Waals surface area contributed by atoms with Gasteiger partial charge in [0.15, 0.2) is 0 Å². The van der Waals surface area contributed by atoms with Crippen molar-refractivity contribution in [3.8, 4) is 11.3 Å². The smallest absolute Gasteiger partial charge is 0.268 e. The van der Waals surface area contributed by atoms with Crippen molar-refractivity contribution in [2.24, 2.45) is 0 Å². The minimum atomic E-state index is -0.182. The maximum Gasteiger partial charge on any atom is 0.268 e. The van der Waals surface area contributed by atoms with Gasteiger partial charge in [-0.1, -0.05) is 42.6 Å². The molecule has 2 aromatic heterocycles. The molecule has 1 aliphatic carbocycles. The summed E-state index contributed by atoms with van der Waals surface area (Å²) < 4.78 is 0. The Kier molecular flexibility index (Phi) is 6.32. The molecule has 2 atom stereocenters. The van der Waals surface area contributed by atoms with E-state index in [9.17, 15) is 9.59 Å². The molecule has 0 saturated heterocycles. The highest BCUT2D eigenvalue weighted by atomic mass is 35.5. The highest BCUT2D eigenvalue weighted by Crippen LogP contribution is 2.23. The number of pyridine rings is 1. The van der Waals surface area contributed by atoms with E-state index in [1.807, 2.05) is 54.6 Å². The molecule has 0 radical (unpaired) electrons. The molecule has 1 aliphatic rings. The summed E-state index contributed by atoms with van der Waals surface area (Å²) in [6.07, 6.45) is 5.42. The standard InChI is InChI=1S/C27H25ClN4O2/c28-20-12-13-22-19(15-20)16-25(30-22)27(34)32-24-7-2-1-6-23(24)31-26(33)18-10-8-17(9-11-18)21-5-3-4-14-29-21/h3-5,8-16,23-24,30H,1-2,6-7H2,(H,31,33)(H,32,34)/t23-,24+/m0/s1. The first-order valence-corrected chi connectivity index (χ1v) is 11.9. The van der Waals surface area contributed by atoms with Crippen molar-refractivity contribution < 1.29 is 9.59 Å². The second-order valence-corrected chi connectivity index (χ2v) is 9.09. The van der Waals surface area contributed by atoms with Crippen molar-refractivity contribution in [3.05, 3.63) is 89.2 Å². The number of fused-ring (bicyclic) bond motifs is 1. The number of amides is 2. The average Bonchev–Trinajstić information content (AvgIpc) is 3.29. The van der Waals surface area contributed by atoms with E-state index in [2.05, 4.69) is 20.6 Å². The van der Waals surface area contributed by atoms with Crippen LogP contribution in [0.3, 0.4) is 0 Å². The molecular formula is C27H25ClN4O2. The van der Waals surface area contributed by atoms with E-state index in [4.69, 9.17) is 11.6 Å². The summed E-state index contributed by atoms with van der Waals surface area (Å²) in [6.45, 7) is 0. The number of halogens is 1. The number of H-pyrrole nitrogens is 1. The van der Waals surface area contributed by atoms with Crippen molar-refractivity contribution in [2.45, 2.75) is 37.8 Å². The number of aromatic nitrogens is 2. The predicted molar refractivity (Wildman–Crippen MR) is 134 cm³/mol. The molecule has 0 spiro atoms. The second-order valence-electron chi connectivity index (χ2n) is 8.65. The Bertz CT molecular complexity index is 1320. The Morgan fingerprint density at radius 3 is 2.32 bits per heavy atom. The van der Waals surface area contributed by atoms with Gasteiger partial charge >= 0.3 is 0 Å². The van der Waals surface area contributed by atoms with Gasteiger partial charge in [-0.15, -0.1) is 0 Å². The first-order chi connectivity index (χ1) is 16.6. The summed E-state index contributed by atoms with van der Waals surface area (Å²) in [5, 5.41) is 7.78. The lowest BCUT2D eigenvalue weighted by Crippen LogP contribution is -2.53. The van der Waals surface area contributed by atoms with Gasteiger partial charge in [-0.25, -0.2) is 0 Å². The van der Waals surface area contributed by atoms with Crippen LogP contribution in [0.4, 0.5) is 0 Å². The molecule has 5 rings (SSSR count). The zero-order chi connectivity index (χ0) is 23.5. The topological polar surface area (TPSA) is 86.9 Å². The Morgan fingerprint density at radius 2 is 1.62 bits per heavy atom. The number of rotatable bonds is 5. The molecule has 6 nitrogen and oxygen atoms in total. The van der Waals surface area contributed by atoms with Crippen molar-refractivity contribution in [1.29, 1.82) is 0 Å². The largest absolute Gasteiger partial charge is 0.351 e. The zero-order valence-electron chi connectivity index (χ0n) is 18.6. The lowest BCUT2D eigenvalue weighted by molar-refractivity contribution is 0.0860. The molecule has 0 bridgehead atoms. The zero-order valence-corrected chi connectivity index (χ0v) is 19.3. The maximum absolute atomic E-state index is 13.0. The number of nitrogens with one attached hydrogen (secondary N) is 3. The first kappa shape index (κ1) is 22.2. The third-order valence-corrected chi connectivity index (χ3v) is 6.57. The van der Waals surface area contributed by atoms with E-state index in [1.54, 1.807) is 18.3 Å². The second kappa shape index (κ2) is 9.69. The maximum atomic E-state index is 13.0. The first-order valence-electron chi connectivity index (χ1n) is 11.5. The SMILES string of the molecule is O=C(N[C@H]1CCCC[C@H]1NC(=O)c1cc2cc(Cl)ccc2[nH]1)c1ccc(-c2ccccn2)cc1. The lowest BCUT2D eigenvalue weighted by Gasteiger charge is -2.32. The van der Waals surface area contributed by atoms with Gasteiger partial charge in [0, 0.05) is 45.3 Å². The highest BCUT2D eigenvalue weighted by molar-refractivity contribution is 6.31. The monoisotopic (exact) mass is 472 g/mol. The molecular weight excluding hydrogens is 448 g/mol. The summed E-state index contributed by atoms with van der Waals surface area (Å²) in [6, 6.07) is 20.2. The van der Waals surface area contributed by atoms with Gasteiger partial charge in [0.2, 0.25) is 0 Å². The van der Waals surface area contributed by atoms with E-state index in [1.165, 1.54) is 0 Å². The fourth-order valence-corrected chi connectivity index (χ4v) is 4.71. The van der Waals surface area contributed by atoms with E-state index in [0.29, 0.717) is 16.3 Å². The Labute approximate surface area is 202 Å². The van der Waals surface area contributed by atoms with E-state index in [0.717, 1.165) is 47.8 Å². The van der Waals surface area contributed by atoms with Crippen molar-refractivity contribution in [1.82, 2.24) is 20.6 Å². The quantitative estimate of drug-likeness (QED) is 0.365. The van der Waals surface area contributed by atoms with Gasteiger partial charge < -0.3 is 15.6 Å². The summed E-state index contributed by atoms with van der Waals surface area (Å²) in [7, 11) is 0. The van der Waals surface area contributed by atoms with Crippen LogP contribution in [0.2, 0.25) is 5.02 Å². The number of carbonyl (C=O) groups is 2. The number of nitrogens with zero attached hydrogens (tertiary/aromatic N) is 1. The number of hydrogen-bond donors (Lipinski definition) is 3. The predicted octanol–water partition coefficient (Wildman–Crippen LogP) is 5.35. The minimum absolute atomic E-state index is 0.125. The summed E-state index contributed by atoms with van der Waals surface area (Å²) in [5.74, 6) is -0.322. The minimum Gasteiger partial charge on any atom is -0.351 e. The molecule has 2 aromatic carbocycles. The van der Waals surface area contributed by atoms with Crippen molar-refractivity contribution >= 4 is 34.3 Å². The van der Waals surface area contributed by atoms with Crippen molar-refractivity contribution in [2.75, 3.05) is 0 Å². The van der Waals surface area contributed by atoms with E-state index < -0.39 is 0 Å². The van der Waals surface area contributed by atoms with Crippen LogP contribution in [0.1, 0.15) is 46.5 Å². The molecule has 3 N–H and O–H groups in total. The van der Waals surface area contributed by atoms with Crippen LogP contribution < -0.4 is 10.6 Å². The third-order valence-electron chi connectivity index (χ3n) is 6.33. The molecule has 1 fully saturated rings. The Balaban J connectivity index is 1.26. The normalized spacial score (nSPS) is 17.9. The summed E-state index contributed by atoms with van der Waals surface area (Å²) >= 11 is 6.06. The van der Waals surface area contributed by atoms with E-state index in [-0.39, 0.29) is 23.9 Å². The fourth-order valence-electron chi connectivity index (χ4n) is 4.53. The van der Waals surface area contributed by atoms with Crippen LogP contribution in [-0.4, -0.2) is 33.9 Å². The number of aromatic amines is 1. The molecule has 34 heavy (non-hydrogen) atoms. The van der Waals surface area contributed by atoms with Gasteiger partial charge in [0.25, 0.3) is 11.8 Å². The van der Waals surface area contributed by atoms with Crippen LogP contribution in [0.5, 0.6) is 0 Å². The molecule has 0 unspecified atom stereocenters. The average molecular weight is 473 g/mol. The van der Waals surface area contributed by atoms with Crippen LogP contribution in [-0.2, 0) is 0 Å². The lowest BCUT2D eigenvalue weighted by atomic mass is 9.90. The van der Waals surface area contributed by atoms with Gasteiger partial charge in [-0.05, 0) is 61.4 Å².